The van der Waals surface area contributed by atoms with Crippen LogP contribution in [-0.2, 0) is 16.0 Å². The zero-order valence-electron chi connectivity index (χ0n) is 12.8. The molecule has 0 radical (unpaired) electrons. The number of hydrogen-bond acceptors (Lipinski definition) is 3. The van der Waals surface area contributed by atoms with E-state index in [1.54, 1.807) is 13.0 Å². The summed E-state index contributed by atoms with van der Waals surface area (Å²) in [6.45, 7) is 5.82. The highest BCUT2D eigenvalue weighted by Gasteiger charge is 2.40. The Balaban J connectivity index is 2.11. The van der Waals surface area contributed by atoms with Crippen molar-refractivity contribution in [2.45, 2.75) is 33.2 Å². The van der Waals surface area contributed by atoms with Gasteiger partial charge in [-0.25, -0.2) is 14.1 Å². The van der Waals surface area contributed by atoms with E-state index in [0.717, 1.165) is 0 Å². The predicted octanol–water partition coefficient (Wildman–Crippen LogP) is 3.66. The average Bonchev–Trinajstić information content (AvgIpc) is 2.84. The monoisotopic (exact) mass is 327 g/mol. The molecule has 6 heteroatoms. The number of carbonyl (C=O) groups is 2. The van der Waals surface area contributed by atoms with Crippen LogP contribution in [0.15, 0.2) is 18.2 Å². The summed E-state index contributed by atoms with van der Waals surface area (Å²) in [6.07, 6.45) is -0.264. The van der Waals surface area contributed by atoms with Crippen molar-refractivity contribution >= 4 is 23.6 Å². The van der Waals surface area contributed by atoms with E-state index in [2.05, 4.69) is 0 Å². The highest BCUT2D eigenvalue weighted by molar-refractivity contribution is 6.30. The Kier molecular flexibility index (Phi) is 5.06. The smallest absolute Gasteiger partial charge is 0.416 e. The first-order valence-electron chi connectivity index (χ1n) is 7.25. The first-order chi connectivity index (χ1) is 10.3. The van der Waals surface area contributed by atoms with Crippen LogP contribution in [0.2, 0.25) is 5.02 Å². The molecule has 2 rings (SSSR count). The van der Waals surface area contributed by atoms with E-state index in [1.165, 1.54) is 17.0 Å². The third-order valence-corrected chi connectivity index (χ3v) is 4.17. The number of amides is 2. The number of nitrogens with zero attached hydrogens (tertiary/aromatic N) is 1. The number of halogens is 2. The topological polar surface area (TPSA) is 46.6 Å². The molecule has 0 spiro atoms. The van der Waals surface area contributed by atoms with E-state index in [1.807, 2.05) is 13.8 Å². The SMILES string of the molecule is CC(C)C1COC(=O)N1C(=O)[C@H](C)Cc1ccc(Cl)c(F)c1. The molecule has 2 amide bonds. The van der Waals surface area contributed by atoms with Gasteiger partial charge in [0.25, 0.3) is 0 Å². The summed E-state index contributed by atoms with van der Waals surface area (Å²) in [6, 6.07) is 4.21. The largest absolute Gasteiger partial charge is 0.447 e. The first-order valence-corrected chi connectivity index (χ1v) is 7.62. The minimum Gasteiger partial charge on any atom is -0.447 e. The molecule has 0 aliphatic carbocycles. The highest BCUT2D eigenvalue weighted by Crippen LogP contribution is 2.24. The van der Waals surface area contributed by atoms with Crippen molar-refractivity contribution in [3.8, 4) is 0 Å². The molecule has 2 atom stereocenters. The number of carbonyl (C=O) groups excluding carboxylic acids is 2. The van der Waals surface area contributed by atoms with Crippen LogP contribution >= 0.6 is 11.6 Å². The standard InChI is InChI=1S/C16H19ClFNO3/c1-9(2)14-8-22-16(21)19(14)15(20)10(3)6-11-4-5-12(17)13(18)7-11/h4-5,7,9-10,14H,6,8H2,1-3H3/t10-,14?/m1/s1. The van der Waals surface area contributed by atoms with Crippen molar-refractivity contribution in [1.82, 2.24) is 4.90 Å². The molecule has 0 aromatic heterocycles. The van der Waals surface area contributed by atoms with E-state index >= 15 is 0 Å². The Bertz CT molecular complexity index is 591. The molecule has 1 aromatic carbocycles. The maximum atomic E-state index is 13.5. The summed E-state index contributed by atoms with van der Waals surface area (Å²) in [5, 5.41) is 0.0470. The fourth-order valence-corrected chi connectivity index (χ4v) is 2.64. The van der Waals surface area contributed by atoms with Crippen molar-refractivity contribution in [3.05, 3.63) is 34.6 Å². The van der Waals surface area contributed by atoms with Gasteiger partial charge in [-0.1, -0.05) is 38.4 Å². The van der Waals surface area contributed by atoms with Crippen LogP contribution in [-0.4, -0.2) is 29.5 Å². The second-order valence-electron chi connectivity index (χ2n) is 5.95. The van der Waals surface area contributed by atoms with Crippen molar-refractivity contribution in [3.63, 3.8) is 0 Å². The molecule has 0 bridgehead atoms. The van der Waals surface area contributed by atoms with E-state index < -0.39 is 17.8 Å². The summed E-state index contributed by atoms with van der Waals surface area (Å²) in [4.78, 5) is 25.5. The van der Waals surface area contributed by atoms with Gasteiger partial charge in [0.05, 0.1) is 11.1 Å². The van der Waals surface area contributed by atoms with Gasteiger partial charge in [0, 0.05) is 5.92 Å². The fraction of sp³-hybridized carbons (Fsp3) is 0.500. The summed E-state index contributed by atoms with van der Waals surface area (Å²) < 4.78 is 18.4. The lowest BCUT2D eigenvalue weighted by Crippen LogP contribution is -2.44. The van der Waals surface area contributed by atoms with Gasteiger partial charge < -0.3 is 4.74 Å². The number of hydrogen-bond donors (Lipinski definition) is 0. The number of cyclic esters (lactones) is 1. The van der Waals surface area contributed by atoms with Crippen LogP contribution in [0.5, 0.6) is 0 Å². The maximum absolute atomic E-state index is 13.5. The second-order valence-corrected chi connectivity index (χ2v) is 6.36. The molecule has 1 aromatic rings. The van der Waals surface area contributed by atoms with Crippen molar-refractivity contribution < 1.29 is 18.7 Å². The molecular formula is C16H19ClFNO3. The van der Waals surface area contributed by atoms with Crippen LogP contribution in [0.25, 0.3) is 0 Å². The van der Waals surface area contributed by atoms with Gasteiger partial charge in [-0.2, -0.15) is 0 Å². The molecule has 1 aliphatic heterocycles. The van der Waals surface area contributed by atoms with Gasteiger partial charge in [-0.15, -0.1) is 0 Å². The average molecular weight is 328 g/mol. The molecular weight excluding hydrogens is 309 g/mol. The normalized spacial score (nSPS) is 19.5. The van der Waals surface area contributed by atoms with E-state index in [-0.39, 0.29) is 29.5 Å². The molecule has 1 fully saturated rings. The van der Waals surface area contributed by atoms with E-state index in [0.29, 0.717) is 12.0 Å². The third kappa shape index (κ3) is 3.40. The summed E-state index contributed by atoms with van der Waals surface area (Å²) >= 11 is 5.65. The van der Waals surface area contributed by atoms with Crippen LogP contribution in [0.1, 0.15) is 26.3 Å². The molecule has 1 unspecified atom stereocenters. The summed E-state index contributed by atoms with van der Waals surface area (Å²) in [5.41, 5.74) is 0.663. The molecule has 1 saturated heterocycles. The van der Waals surface area contributed by atoms with E-state index in [9.17, 15) is 14.0 Å². The lowest BCUT2D eigenvalue weighted by molar-refractivity contribution is -0.133. The molecule has 1 heterocycles. The van der Waals surface area contributed by atoms with Crippen LogP contribution in [0, 0.1) is 17.7 Å². The molecule has 1 aliphatic rings. The minimum absolute atomic E-state index is 0.0470. The molecule has 0 saturated carbocycles. The van der Waals surface area contributed by atoms with Crippen LogP contribution in [0.4, 0.5) is 9.18 Å². The second kappa shape index (κ2) is 6.65. The van der Waals surface area contributed by atoms with Crippen molar-refractivity contribution in [1.29, 1.82) is 0 Å². The van der Waals surface area contributed by atoms with Crippen molar-refractivity contribution in [2.24, 2.45) is 11.8 Å². The Morgan fingerprint density at radius 1 is 1.45 bits per heavy atom. The zero-order chi connectivity index (χ0) is 16.4. The quantitative estimate of drug-likeness (QED) is 0.847. The Morgan fingerprint density at radius 3 is 2.73 bits per heavy atom. The fourth-order valence-electron chi connectivity index (χ4n) is 2.53. The van der Waals surface area contributed by atoms with Gasteiger partial charge in [0.2, 0.25) is 5.91 Å². The summed E-state index contributed by atoms with van der Waals surface area (Å²) in [7, 11) is 0. The number of rotatable bonds is 4. The van der Waals surface area contributed by atoms with Gasteiger partial charge in [-0.05, 0) is 30.0 Å². The zero-order valence-corrected chi connectivity index (χ0v) is 13.6. The molecule has 0 N–H and O–H groups in total. The summed E-state index contributed by atoms with van der Waals surface area (Å²) in [5.74, 6) is -1.14. The lowest BCUT2D eigenvalue weighted by atomic mass is 9.97. The number of imide groups is 1. The van der Waals surface area contributed by atoms with Crippen LogP contribution in [0.3, 0.4) is 0 Å². The number of ether oxygens (including phenoxy) is 1. The lowest BCUT2D eigenvalue weighted by Gasteiger charge is -2.25. The van der Waals surface area contributed by atoms with E-state index in [4.69, 9.17) is 16.3 Å². The van der Waals surface area contributed by atoms with Gasteiger partial charge in [0.15, 0.2) is 0 Å². The molecule has 4 nitrogen and oxygen atoms in total. The molecule has 22 heavy (non-hydrogen) atoms. The van der Waals surface area contributed by atoms with Gasteiger partial charge in [0.1, 0.15) is 12.4 Å². The third-order valence-electron chi connectivity index (χ3n) is 3.86. The highest BCUT2D eigenvalue weighted by atomic mass is 35.5. The Labute approximate surface area is 134 Å². The first kappa shape index (κ1) is 16.7. The molecule has 120 valence electrons. The maximum Gasteiger partial charge on any atom is 0.416 e. The van der Waals surface area contributed by atoms with Gasteiger partial charge >= 0.3 is 6.09 Å². The van der Waals surface area contributed by atoms with Gasteiger partial charge in [-0.3, -0.25) is 4.79 Å². The number of benzene rings is 1. The Hall–Kier alpha value is -1.62. The predicted molar refractivity (Wildman–Crippen MR) is 81.1 cm³/mol. The Morgan fingerprint density at radius 2 is 2.14 bits per heavy atom. The minimum atomic E-state index is -0.599. The van der Waals surface area contributed by atoms with Crippen LogP contribution < -0.4 is 0 Å². The van der Waals surface area contributed by atoms with Crippen molar-refractivity contribution in [2.75, 3.05) is 6.61 Å².